The number of aryl methyl sites for hydroxylation is 1. The molecule has 0 bridgehead atoms. The molecule has 0 atom stereocenters. The zero-order valence-electron chi connectivity index (χ0n) is 10.7. The van der Waals surface area contributed by atoms with Gasteiger partial charge in [-0.25, -0.2) is 0 Å². The van der Waals surface area contributed by atoms with Crippen molar-refractivity contribution < 1.29 is 0 Å². The minimum Gasteiger partial charge on any atom is -0.369 e. The molecule has 1 aliphatic heterocycles. The molecule has 3 nitrogen and oxygen atoms in total. The van der Waals surface area contributed by atoms with Crippen LogP contribution in [0.3, 0.4) is 0 Å². The second kappa shape index (κ2) is 6.03. The van der Waals surface area contributed by atoms with Crippen LogP contribution in [0.25, 0.3) is 0 Å². The van der Waals surface area contributed by atoms with E-state index in [1.54, 1.807) is 0 Å². The van der Waals surface area contributed by atoms with Gasteiger partial charge in [0.05, 0.1) is 0 Å². The topological polar surface area (TPSA) is 32.5 Å². The van der Waals surface area contributed by atoms with Crippen molar-refractivity contribution in [3.63, 3.8) is 0 Å². The van der Waals surface area contributed by atoms with Crippen molar-refractivity contribution in [2.45, 2.75) is 13.3 Å². The maximum atomic E-state index is 5.58. The summed E-state index contributed by atoms with van der Waals surface area (Å²) in [6, 6.07) is 8.97. The second-order valence-corrected chi connectivity index (χ2v) is 4.64. The van der Waals surface area contributed by atoms with Crippen LogP contribution in [0.2, 0.25) is 0 Å². The molecule has 0 aliphatic carbocycles. The van der Waals surface area contributed by atoms with Crippen molar-refractivity contribution in [3.8, 4) is 0 Å². The van der Waals surface area contributed by atoms with Crippen LogP contribution in [-0.2, 0) is 6.42 Å². The Kier molecular flexibility index (Phi) is 4.40. The minimum absolute atomic E-state index is 0.769. The molecular formula is C14H23N3. The van der Waals surface area contributed by atoms with E-state index in [2.05, 4.69) is 41.0 Å². The molecule has 3 heteroatoms. The molecule has 1 saturated heterocycles. The molecule has 0 spiro atoms. The highest BCUT2D eigenvalue weighted by atomic mass is 15.3. The summed E-state index contributed by atoms with van der Waals surface area (Å²) in [5, 5.41) is 0. The van der Waals surface area contributed by atoms with Gasteiger partial charge in [-0.1, -0.05) is 19.1 Å². The van der Waals surface area contributed by atoms with Gasteiger partial charge in [-0.2, -0.15) is 0 Å². The quantitative estimate of drug-likeness (QED) is 0.851. The Balaban J connectivity index is 1.91. The Morgan fingerprint density at radius 1 is 1.06 bits per heavy atom. The number of nitrogens with two attached hydrogens (primary N) is 1. The van der Waals surface area contributed by atoms with Gasteiger partial charge < -0.3 is 10.6 Å². The van der Waals surface area contributed by atoms with Gasteiger partial charge in [0.1, 0.15) is 0 Å². The summed E-state index contributed by atoms with van der Waals surface area (Å²) in [6.45, 7) is 8.49. The summed E-state index contributed by atoms with van der Waals surface area (Å²) in [6.07, 6.45) is 1.12. The van der Waals surface area contributed by atoms with Crippen LogP contribution in [0.4, 0.5) is 5.69 Å². The standard InChI is InChI=1S/C14H23N3/c1-2-13-3-5-14(6-4-13)17-11-9-16(8-7-15)10-12-17/h3-6H,2,7-12,15H2,1H3. The summed E-state index contributed by atoms with van der Waals surface area (Å²) in [7, 11) is 0. The van der Waals surface area contributed by atoms with Crippen molar-refractivity contribution in [2.24, 2.45) is 5.73 Å². The predicted octanol–water partition coefficient (Wildman–Crippen LogP) is 1.33. The summed E-state index contributed by atoms with van der Waals surface area (Å²) >= 11 is 0. The zero-order valence-corrected chi connectivity index (χ0v) is 10.7. The highest BCUT2D eigenvalue weighted by Crippen LogP contribution is 2.17. The highest BCUT2D eigenvalue weighted by molar-refractivity contribution is 5.48. The third-order valence-electron chi connectivity index (χ3n) is 3.53. The number of hydrogen-bond donors (Lipinski definition) is 1. The Hall–Kier alpha value is -1.06. The SMILES string of the molecule is CCc1ccc(N2CCN(CCN)CC2)cc1. The first-order chi connectivity index (χ1) is 8.33. The largest absolute Gasteiger partial charge is 0.369 e. The third-order valence-corrected chi connectivity index (χ3v) is 3.53. The predicted molar refractivity (Wildman–Crippen MR) is 73.5 cm³/mol. The number of nitrogens with zero attached hydrogens (tertiary/aromatic N) is 2. The fourth-order valence-electron chi connectivity index (χ4n) is 2.35. The van der Waals surface area contributed by atoms with Gasteiger partial charge in [0.2, 0.25) is 0 Å². The van der Waals surface area contributed by atoms with Gasteiger partial charge in [0.25, 0.3) is 0 Å². The van der Waals surface area contributed by atoms with Crippen molar-refractivity contribution in [3.05, 3.63) is 29.8 Å². The van der Waals surface area contributed by atoms with Crippen molar-refractivity contribution in [1.29, 1.82) is 0 Å². The number of piperazine rings is 1. The molecule has 1 aromatic rings. The second-order valence-electron chi connectivity index (χ2n) is 4.64. The third kappa shape index (κ3) is 3.20. The van der Waals surface area contributed by atoms with E-state index < -0.39 is 0 Å². The van der Waals surface area contributed by atoms with E-state index in [0.29, 0.717) is 0 Å². The Labute approximate surface area is 104 Å². The first-order valence-corrected chi connectivity index (χ1v) is 6.60. The fourth-order valence-corrected chi connectivity index (χ4v) is 2.35. The van der Waals surface area contributed by atoms with Crippen LogP contribution in [-0.4, -0.2) is 44.2 Å². The van der Waals surface area contributed by atoms with Gasteiger partial charge in [-0.05, 0) is 24.1 Å². The van der Waals surface area contributed by atoms with E-state index in [1.165, 1.54) is 11.3 Å². The number of anilines is 1. The monoisotopic (exact) mass is 233 g/mol. The van der Waals surface area contributed by atoms with Crippen LogP contribution in [0.15, 0.2) is 24.3 Å². The first kappa shape index (κ1) is 12.4. The molecule has 0 saturated carbocycles. The van der Waals surface area contributed by atoms with E-state index in [4.69, 9.17) is 5.73 Å². The average molecular weight is 233 g/mol. The van der Waals surface area contributed by atoms with Crippen LogP contribution in [0.1, 0.15) is 12.5 Å². The lowest BCUT2D eigenvalue weighted by atomic mass is 10.1. The van der Waals surface area contributed by atoms with Crippen LogP contribution in [0, 0.1) is 0 Å². The van der Waals surface area contributed by atoms with Crippen molar-refractivity contribution in [1.82, 2.24) is 4.90 Å². The van der Waals surface area contributed by atoms with Crippen LogP contribution in [0.5, 0.6) is 0 Å². The minimum atomic E-state index is 0.769. The Morgan fingerprint density at radius 3 is 2.24 bits per heavy atom. The molecule has 1 heterocycles. The molecule has 1 fully saturated rings. The summed E-state index contributed by atoms with van der Waals surface area (Å²) in [4.78, 5) is 4.91. The number of hydrogen-bond acceptors (Lipinski definition) is 3. The van der Waals surface area contributed by atoms with Crippen LogP contribution >= 0.6 is 0 Å². The molecule has 0 unspecified atom stereocenters. The molecular weight excluding hydrogens is 210 g/mol. The van der Waals surface area contributed by atoms with Crippen molar-refractivity contribution in [2.75, 3.05) is 44.2 Å². The molecule has 17 heavy (non-hydrogen) atoms. The normalized spacial score (nSPS) is 17.4. The molecule has 1 aromatic carbocycles. The highest BCUT2D eigenvalue weighted by Gasteiger charge is 2.16. The Bertz CT molecular complexity index is 326. The maximum absolute atomic E-state index is 5.58. The van der Waals surface area contributed by atoms with Crippen molar-refractivity contribution >= 4 is 5.69 Å². The molecule has 0 aromatic heterocycles. The Morgan fingerprint density at radius 2 is 1.71 bits per heavy atom. The fraction of sp³-hybridized carbons (Fsp3) is 0.571. The molecule has 2 rings (SSSR count). The molecule has 0 radical (unpaired) electrons. The smallest absolute Gasteiger partial charge is 0.0367 e. The van der Waals surface area contributed by atoms with Gasteiger partial charge >= 0.3 is 0 Å². The van der Waals surface area contributed by atoms with Crippen LogP contribution < -0.4 is 10.6 Å². The lowest BCUT2D eigenvalue weighted by Crippen LogP contribution is -2.47. The summed E-state index contributed by atoms with van der Waals surface area (Å²) < 4.78 is 0. The maximum Gasteiger partial charge on any atom is 0.0367 e. The molecule has 2 N–H and O–H groups in total. The van der Waals surface area contributed by atoms with E-state index in [1.807, 2.05) is 0 Å². The van der Waals surface area contributed by atoms with E-state index in [-0.39, 0.29) is 0 Å². The van der Waals surface area contributed by atoms with Gasteiger partial charge in [-0.15, -0.1) is 0 Å². The first-order valence-electron chi connectivity index (χ1n) is 6.60. The zero-order chi connectivity index (χ0) is 12.1. The van der Waals surface area contributed by atoms with Gasteiger partial charge in [-0.3, -0.25) is 4.90 Å². The summed E-state index contributed by atoms with van der Waals surface area (Å²) in [5.74, 6) is 0. The van der Waals surface area contributed by atoms with Gasteiger partial charge in [0.15, 0.2) is 0 Å². The van der Waals surface area contributed by atoms with E-state index in [0.717, 1.165) is 45.7 Å². The number of benzene rings is 1. The van der Waals surface area contributed by atoms with E-state index >= 15 is 0 Å². The number of rotatable bonds is 4. The average Bonchev–Trinajstić information content (AvgIpc) is 2.40. The van der Waals surface area contributed by atoms with E-state index in [9.17, 15) is 0 Å². The summed E-state index contributed by atoms with van der Waals surface area (Å²) in [5.41, 5.74) is 8.35. The molecule has 1 aliphatic rings. The lowest BCUT2D eigenvalue weighted by molar-refractivity contribution is 0.265. The molecule has 94 valence electrons. The lowest BCUT2D eigenvalue weighted by Gasteiger charge is -2.36. The van der Waals surface area contributed by atoms with Gasteiger partial charge in [0, 0.05) is 45.0 Å². The molecule has 0 amide bonds.